The molecule has 1 aromatic rings. The van der Waals surface area contributed by atoms with Gasteiger partial charge in [0.1, 0.15) is 6.10 Å². The lowest BCUT2D eigenvalue weighted by atomic mass is 10.1. The first kappa shape index (κ1) is 14.5. The van der Waals surface area contributed by atoms with Crippen LogP contribution in [-0.2, 0) is 14.2 Å². The standard InChI is InChI=1S/C15H18O5/c1-18-12-4-3-5-13(12)20-15(17)11-8-6-10(7-9-11)14(16)19-2/h6-9,12-13H,3-5H2,1-2H3. The van der Waals surface area contributed by atoms with Gasteiger partial charge in [0.05, 0.1) is 24.3 Å². The summed E-state index contributed by atoms with van der Waals surface area (Å²) in [7, 11) is 2.94. The molecule has 0 aliphatic heterocycles. The topological polar surface area (TPSA) is 61.8 Å². The number of hydrogen-bond acceptors (Lipinski definition) is 5. The molecule has 1 saturated carbocycles. The second kappa shape index (κ2) is 6.52. The molecule has 20 heavy (non-hydrogen) atoms. The molecule has 0 radical (unpaired) electrons. The highest BCUT2D eigenvalue weighted by atomic mass is 16.6. The SMILES string of the molecule is COC(=O)c1ccc(C(=O)OC2CCCC2OC)cc1. The lowest BCUT2D eigenvalue weighted by Crippen LogP contribution is -2.27. The number of hydrogen-bond donors (Lipinski definition) is 0. The summed E-state index contributed by atoms with van der Waals surface area (Å²) in [6.45, 7) is 0. The van der Waals surface area contributed by atoms with Crippen molar-refractivity contribution in [3.8, 4) is 0 Å². The molecule has 2 rings (SSSR count). The number of rotatable bonds is 4. The fraction of sp³-hybridized carbons (Fsp3) is 0.467. The number of carbonyl (C=O) groups excluding carboxylic acids is 2. The monoisotopic (exact) mass is 278 g/mol. The Morgan fingerprint density at radius 1 is 0.950 bits per heavy atom. The fourth-order valence-corrected chi connectivity index (χ4v) is 2.36. The zero-order valence-corrected chi connectivity index (χ0v) is 11.6. The molecule has 0 amide bonds. The average Bonchev–Trinajstić information content (AvgIpc) is 2.93. The van der Waals surface area contributed by atoms with Gasteiger partial charge in [-0.05, 0) is 43.5 Å². The van der Waals surface area contributed by atoms with Crippen LogP contribution in [0.4, 0.5) is 0 Å². The summed E-state index contributed by atoms with van der Waals surface area (Å²) in [6.07, 6.45) is 2.53. The van der Waals surface area contributed by atoms with Crippen LogP contribution >= 0.6 is 0 Å². The van der Waals surface area contributed by atoms with Gasteiger partial charge in [0, 0.05) is 7.11 Å². The van der Waals surface area contributed by atoms with Crippen LogP contribution < -0.4 is 0 Å². The summed E-state index contributed by atoms with van der Waals surface area (Å²) in [5.41, 5.74) is 0.819. The maximum atomic E-state index is 12.0. The van der Waals surface area contributed by atoms with Crippen LogP contribution in [0.25, 0.3) is 0 Å². The number of carbonyl (C=O) groups is 2. The van der Waals surface area contributed by atoms with Crippen molar-refractivity contribution in [1.82, 2.24) is 0 Å². The van der Waals surface area contributed by atoms with Gasteiger partial charge < -0.3 is 14.2 Å². The van der Waals surface area contributed by atoms with Gasteiger partial charge in [-0.25, -0.2) is 9.59 Å². The molecule has 1 aliphatic rings. The first-order valence-corrected chi connectivity index (χ1v) is 6.58. The van der Waals surface area contributed by atoms with E-state index >= 15 is 0 Å². The van der Waals surface area contributed by atoms with Gasteiger partial charge in [0.15, 0.2) is 0 Å². The van der Waals surface area contributed by atoms with Gasteiger partial charge in [-0.15, -0.1) is 0 Å². The Balaban J connectivity index is 2.00. The molecule has 5 heteroatoms. The number of ether oxygens (including phenoxy) is 3. The molecule has 5 nitrogen and oxygen atoms in total. The predicted molar refractivity (Wildman–Crippen MR) is 71.6 cm³/mol. The molecule has 1 fully saturated rings. The van der Waals surface area contributed by atoms with Crippen LogP contribution in [0.5, 0.6) is 0 Å². The quantitative estimate of drug-likeness (QED) is 0.790. The van der Waals surface area contributed by atoms with E-state index in [2.05, 4.69) is 4.74 Å². The summed E-state index contributed by atoms with van der Waals surface area (Å²) in [5.74, 6) is -0.824. The largest absolute Gasteiger partial charge is 0.465 e. The Labute approximate surface area is 117 Å². The Kier molecular flexibility index (Phi) is 4.74. The highest BCUT2D eigenvalue weighted by Gasteiger charge is 2.30. The van der Waals surface area contributed by atoms with E-state index in [1.807, 2.05) is 0 Å². The van der Waals surface area contributed by atoms with E-state index in [1.165, 1.54) is 7.11 Å². The van der Waals surface area contributed by atoms with E-state index in [0.29, 0.717) is 11.1 Å². The summed E-state index contributed by atoms with van der Waals surface area (Å²) < 4.78 is 15.3. The molecule has 108 valence electrons. The smallest absolute Gasteiger partial charge is 0.338 e. The zero-order valence-electron chi connectivity index (χ0n) is 11.6. The summed E-state index contributed by atoms with van der Waals surface area (Å²) in [6, 6.07) is 6.21. The maximum Gasteiger partial charge on any atom is 0.338 e. The molecular formula is C15H18O5. The summed E-state index contributed by atoms with van der Waals surface area (Å²) in [5, 5.41) is 0. The molecule has 0 bridgehead atoms. The van der Waals surface area contributed by atoms with E-state index in [4.69, 9.17) is 9.47 Å². The Morgan fingerprint density at radius 2 is 1.50 bits per heavy atom. The molecule has 0 N–H and O–H groups in total. The predicted octanol–water partition coefficient (Wildman–Crippen LogP) is 2.20. The number of esters is 2. The Hall–Kier alpha value is -1.88. The first-order valence-electron chi connectivity index (χ1n) is 6.58. The van der Waals surface area contributed by atoms with Crippen molar-refractivity contribution in [2.45, 2.75) is 31.5 Å². The number of methoxy groups -OCH3 is 2. The van der Waals surface area contributed by atoms with Crippen LogP contribution in [0.3, 0.4) is 0 Å². The second-order valence-electron chi connectivity index (χ2n) is 4.72. The Morgan fingerprint density at radius 3 is 2.05 bits per heavy atom. The molecule has 1 aliphatic carbocycles. The minimum absolute atomic E-state index is 0.0201. The lowest BCUT2D eigenvalue weighted by Gasteiger charge is -2.18. The zero-order chi connectivity index (χ0) is 14.5. The van der Waals surface area contributed by atoms with Crippen LogP contribution in [0.2, 0.25) is 0 Å². The van der Waals surface area contributed by atoms with Gasteiger partial charge in [-0.1, -0.05) is 0 Å². The van der Waals surface area contributed by atoms with Crippen LogP contribution in [0.15, 0.2) is 24.3 Å². The van der Waals surface area contributed by atoms with Crippen molar-refractivity contribution in [2.75, 3.05) is 14.2 Å². The minimum Gasteiger partial charge on any atom is -0.465 e. The second-order valence-corrected chi connectivity index (χ2v) is 4.72. The van der Waals surface area contributed by atoms with Crippen molar-refractivity contribution in [2.24, 2.45) is 0 Å². The van der Waals surface area contributed by atoms with Crippen molar-refractivity contribution in [3.05, 3.63) is 35.4 Å². The third-order valence-corrected chi connectivity index (χ3v) is 3.49. The molecule has 0 aromatic heterocycles. The lowest BCUT2D eigenvalue weighted by molar-refractivity contribution is -0.0206. The summed E-state index contributed by atoms with van der Waals surface area (Å²) >= 11 is 0. The van der Waals surface area contributed by atoms with E-state index in [1.54, 1.807) is 31.4 Å². The van der Waals surface area contributed by atoms with E-state index in [-0.39, 0.29) is 12.2 Å². The molecule has 0 spiro atoms. The van der Waals surface area contributed by atoms with E-state index in [9.17, 15) is 9.59 Å². The third-order valence-electron chi connectivity index (χ3n) is 3.49. The summed E-state index contributed by atoms with van der Waals surface area (Å²) in [4.78, 5) is 23.3. The van der Waals surface area contributed by atoms with Crippen molar-refractivity contribution < 1.29 is 23.8 Å². The van der Waals surface area contributed by atoms with Gasteiger partial charge in [0.2, 0.25) is 0 Å². The first-order chi connectivity index (χ1) is 9.65. The van der Waals surface area contributed by atoms with Crippen LogP contribution in [0, 0.1) is 0 Å². The molecule has 1 aromatic carbocycles. The van der Waals surface area contributed by atoms with Crippen LogP contribution in [0.1, 0.15) is 40.0 Å². The van der Waals surface area contributed by atoms with Crippen molar-refractivity contribution >= 4 is 11.9 Å². The van der Waals surface area contributed by atoms with Gasteiger partial charge in [-0.3, -0.25) is 0 Å². The van der Waals surface area contributed by atoms with Crippen molar-refractivity contribution in [1.29, 1.82) is 0 Å². The van der Waals surface area contributed by atoms with E-state index < -0.39 is 11.9 Å². The fourth-order valence-electron chi connectivity index (χ4n) is 2.36. The minimum atomic E-state index is -0.430. The molecule has 0 saturated heterocycles. The van der Waals surface area contributed by atoms with Gasteiger partial charge in [0.25, 0.3) is 0 Å². The molecule has 2 atom stereocenters. The third kappa shape index (κ3) is 3.17. The molecule has 0 heterocycles. The Bertz CT molecular complexity index is 480. The molecule has 2 unspecified atom stereocenters. The maximum absolute atomic E-state index is 12.0. The van der Waals surface area contributed by atoms with Gasteiger partial charge in [-0.2, -0.15) is 0 Å². The normalized spacial score (nSPS) is 21.5. The molecular weight excluding hydrogens is 260 g/mol. The highest BCUT2D eigenvalue weighted by Crippen LogP contribution is 2.25. The number of benzene rings is 1. The van der Waals surface area contributed by atoms with E-state index in [0.717, 1.165) is 19.3 Å². The average molecular weight is 278 g/mol. The highest BCUT2D eigenvalue weighted by molar-refractivity contribution is 5.93. The van der Waals surface area contributed by atoms with Gasteiger partial charge >= 0.3 is 11.9 Å². The van der Waals surface area contributed by atoms with Crippen molar-refractivity contribution in [3.63, 3.8) is 0 Å². The van der Waals surface area contributed by atoms with Crippen LogP contribution in [-0.4, -0.2) is 38.4 Å².